The van der Waals surface area contributed by atoms with Gasteiger partial charge in [-0.1, -0.05) is 41.9 Å². The van der Waals surface area contributed by atoms with E-state index < -0.39 is 0 Å². The zero-order valence-corrected chi connectivity index (χ0v) is 10.6. The summed E-state index contributed by atoms with van der Waals surface area (Å²) >= 11 is 8.66. The molecule has 0 fully saturated rings. The van der Waals surface area contributed by atoms with Crippen LogP contribution in [0.1, 0.15) is 11.1 Å². The van der Waals surface area contributed by atoms with Crippen LogP contribution in [0.3, 0.4) is 0 Å². The molecule has 2 aromatic rings. The Balaban J connectivity index is 2.09. The van der Waals surface area contributed by atoms with Crippen LogP contribution in [0, 0.1) is 11.3 Å². The minimum atomic E-state index is 0.308. The van der Waals surface area contributed by atoms with Crippen molar-refractivity contribution in [2.75, 3.05) is 0 Å². The van der Waals surface area contributed by atoms with Crippen LogP contribution in [-0.4, -0.2) is 4.37 Å². The molecular formula is C11H7ClN2S2. The first-order chi connectivity index (χ1) is 7.81. The van der Waals surface area contributed by atoms with Crippen LogP contribution in [-0.2, 0) is 5.75 Å². The van der Waals surface area contributed by atoms with E-state index in [4.69, 9.17) is 16.9 Å². The smallest absolute Gasteiger partial charge is 0.161 e. The lowest BCUT2D eigenvalue weighted by molar-refractivity contribution is 1.40. The lowest BCUT2D eigenvalue weighted by atomic mass is 10.2. The first-order valence-corrected chi connectivity index (χ1v) is 6.67. The average Bonchev–Trinajstić information content (AvgIpc) is 2.68. The first-order valence-electron chi connectivity index (χ1n) is 4.53. The van der Waals surface area contributed by atoms with Gasteiger partial charge < -0.3 is 0 Å². The number of hydrogen-bond donors (Lipinski definition) is 0. The Kier molecular flexibility index (Phi) is 3.83. The summed E-state index contributed by atoms with van der Waals surface area (Å²) in [5.74, 6) is 0.827. The van der Waals surface area contributed by atoms with Gasteiger partial charge >= 0.3 is 0 Å². The summed E-state index contributed by atoms with van der Waals surface area (Å²) in [6.07, 6.45) is 0. The maximum atomic E-state index is 8.90. The Bertz CT molecular complexity index is 517. The van der Waals surface area contributed by atoms with E-state index in [1.807, 2.05) is 18.2 Å². The molecule has 0 aliphatic heterocycles. The monoisotopic (exact) mass is 266 g/mol. The molecule has 16 heavy (non-hydrogen) atoms. The van der Waals surface area contributed by atoms with Gasteiger partial charge in [-0.25, -0.2) is 0 Å². The number of hydrogen-bond acceptors (Lipinski definition) is 4. The zero-order chi connectivity index (χ0) is 11.4. The highest BCUT2D eigenvalue weighted by molar-refractivity contribution is 8.00. The Morgan fingerprint density at radius 2 is 2.12 bits per heavy atom. The Morgan fingerprint density at radius 1 is 1.38 bits per heavy atom. The third kappa shape index (κ3) is 2.56. The molecule has 0 unspecified atom stereocenters. The molecule has 0 radical (unpaired) electrons. The third-order valence-electron chi connectivity index (χ3n) is 1.94. The number of thioether (sulfide) groups is 1. The number of halogens is 1. The summed E-state index contributed by atoms with van der Waals surface area (Å²) in [5.41, 5.74) is 1.72. The molecule has 0 atom stereocenters. The fourth-order valence-electron chi connectivity index (χ4n) is 1.17. The first kappa shape index (κ1) is 11.5. The molecule has 1 aromatic carbocycles. The highest BCUT2D eigenvalue weighted by Gasteiger charge is 2.11. The lowest BCUT2D eigenvalue weighted by Crippen LogP contribution is -1.79. The van der Waals surface area contributed by atoms with Crippen molar-refractivity contribution < 1.29 is 0 Å². The van der Waals surface area contributed by atoms with Crippen molar-refractivity contribution in [3.05, 3.63) is 46.6 Å². The summed E-state index contributed by atoms with van der Waals surface area (Å²) in [5, 5.41) is 9.21. The Labute approximate surface area is 107 Å². The van der Waals surface area contributed by atoms with E-state index in [9.17, 15) is 0 Å². The number of nitriles is 1. The molecule has 0 saturated heterocycles. The van der Waals surface area contributed by atoms with Crippen molar-refractivity contribution in [1.82, 2.24) is 4.37 Å². The SMILES string of the molecule is N#Cc1c(Cl)nsc1SCc1ccccc1. The highest BCUT2D eigenvalue weighted by Crippen LogP contribution is 2.33. The fourth-order valence-corrected chi connectivity index (χ4v) is 3.29. The van der Waals surface area contributed by atoms with Gasteiger partial charge in [0.2, 0.25) is 0 Å². The van der Waals surface area contributed by atoms with E-state index >= 15 is 0 Å². The van der Waals surface area contributed by atoms with Crippen molar-refractivity contribution in [3.63, 3.8) is 0 Å². The van der Waals surface area contributed by atoms with Gasteiger partial charge in [-0.3, -0.25) is 0 Å². The van der Waals surface area contributed by atoms with Gasteiger partial charge in [0.05, 0.1) is 0 Å². The van der Waals surface area contributed by atoms with Crippen LogP contribution < -0.4 is 0 Å². The van der Waals surface area contributed by atoms with Crippen LogP contribution in [0.5, 0.6) is 0 Å². The zero-order valence-electron chi connectivity index (χ0n) is 8.18. The Hall–Kier alpha value is -1.02. The van der Waals surface area contributed by atoms with Gasteiger partial charge in [0, 0.05) is 5.75 Å². The molecule has 1 aromatic heterocycles. The third-order valence-corrected chi connectivity index (χ3v) is 4.48. The molecule has 2 nitrogen and oxygen atoms in total. The van der Waals surface area contributed by atoms with Crippen molar-refractivity contribution in [3.8, 4) is 6.07 Å². The topological polar surface area (TPSA) is 36.7 Å². The van der Waals surface area contributed by atoms with E-state index in [-0.39, 0.29) is 0 Å². The average molecular weight is 267 g/mol. The predicted octanol–water partition coefficient (Wildman–Crippen LogP) is 3.96. The Morgan fingerprint density at radius 3 is 2.81 bits per heavy atom. The van der Waals surface area contributed by atoms with Gasteiger partial charge in [0.15, 0.2) is 5.15 Å². The molecule has 0 amide bonds. The minimum absolute atomic E-state index is 0.308. The van der Waals surface area contributed by atoms with E-state index in [1.54, 1.807) is 11.8 Å². The summed E-state index contributed by atoms with van der Waals surface area (Å²) in [4.78, 5) is 0. The highest BCUT2D eigenvalue weighted by atomic mass is 35.5. The van der Waals surface area contributed by atoms with Gasteiger partial charge in [-0.05, 0) is 17.1 Å². The van der Waals surface area contributed by atoms with Gasteiger partial charge in [0.25, 0.3) is 0 Å². The second kappa shape index (κ2) is 5.35. The summed E-state index contributed by atoms with van der Waals surface area (Å²) < 4.78 is 4.85. The standard InChI is InChI=1S/C11H7ClN2S2/c12-10-9(6-13)11(16-14-10)15-7-8-4-2-1-3-5-8/h1-5H,7H2. The quantitative estimate of drug-likeness (QED) is 0.789. The molecule has 2 rings (SSSR count). The summed E-state index contributed by atoms with van der Waals surface area (Å²) in [6, 6.07) is 12.2. The van der Waals surface area contributed by atoms with E-state index in [1.165, 1.54) is 17.1 Å². The maximum absolute atomic E-state index is 8.90. The largest absolute Gasteiger partial charge is 0.192 e. The van der Waals surface area contributed by atoms with E-state index in [2.05, 4.69) is 22.6 Å². The molecule has 0 bridgehead atoms. The van der Waals surface area contributed by atoms with Gasteiger partial charge in [-0.15, -0.1) is 11.8 Å². The molecule has 0 N–H and O–H groups in total. The number of aromatic nitrogens is 1. The molecule has 0 aliphatic rings. The van der Waals surface area contributed by atoms with E-state index in [0.29, 0.717) is 10.7 Å². The van der Waals surface area contributed by atoms with Crippen LogP contribution in [0.25, 0.3) is 0 Å². The van der Waals surface area contributed by atoms with Crippen LogP contribution >= 0.6 is 34.9 Å². The van der Waals surface area contributed by atoms with Crippen molar-refractivity contribution in [1.29, 1.82) is 5.26 Å². The molecule has 1 heterocycles. The molecule has 5 heteroatoms. The number of benzene rings is 1. The molecule has 0 saturated carbocycles. The van der Waals surface area contributed by atoms with E-state index in [0.717, 1.165) is 9.96 Å². The molecule has 80 valence electrons. The van der Waals surface area contributed by atoms with Crippen molar-refractivity contribution in [2.24, 2.45) is 0 Å². The van der Waals surface area contributed by atoms with Crippen molar-refractivity contribution >= 4 is 34.9 Å². The summed E-state index contributed by atoms with van der Waals surface area (Å²) in [6.45, 7) is 0. The molecule has 0 spiro atoms. The van der Waals surface area contributed by atoms with Crippen LogP contribution in [0.2, 0.25) is 5.15 Å². The minimum Gasteiger partial charge on any atom is -0.192 e. The van der Waals surface area contributed by atoms with Gasteiger partial charge in [0.1, 0.15) is 15.8 Å². The number of nitrogens with zero attached hydrogens (tertiary/aromatic N) is 2. The maximum Gasteiger partial charge on any atom is 0.161 e. The van der Waals surface area contributed by atoms with Crippen LogP contribution in [0.4, 0.5) is 0 Å². The summed E-state index contributed by atoms with van der Waals surface area (Å²) in [7, 11) is 0. The predicted molar refractivity (Wildman–Crippen MR) is 67.8 cm³/mol. The van der Waals surface area contributed by atoms with Gasteiger partial charge in [-0.2, -0.15) is 9.64 Å². The lowest BCUT2D eigenvalue weighted by Gasteiger charge is -1.98. The normalized spacial score (nSPS) is 10.0. The second-order valence-electron chi connectivity index (χ2n) is 3.02. The van der Waals surface area contributed by atoms with Crippen LogP contribution in [0.15, 0.2) is 34.5 Å². The second-order valence-corrected chi connectivity index (χ2v) is 5.40. The van der Waals surface area contributed by atoms with Crippen molar-refractivity contribution in [2.45, 2.75) is 9.96 Å². The molecular weight excluding hydrogens is 260 g/mol. The molecule has 0 aliphatic carbocycles. The fraction of sp³-hybridized carbons (Fsp3) is 0.0909. The number of rotatable bonds is 3.